The number of aryl methyl sites for hydroxylation is 2. The van der Waals surface area contributed by atoms with E-state index in [1.807, 2.05) is 6.07 Å². The van der Waals surface area contributed by atoms with Gasteiger partial charge in [0.05, 0.1) is 7.11 Å². The zero-order chi connectivity index (χ0) is 15.4. The quantitative estimate of drug-likeness (QED) is 0.857. The Kier molecular flexibility index (Phi) is 5.03. The van der Waals surface area contributed by atoms with Gasteiger partial charge in [-0.1, -0.05) is 47.5 Å². The molecule has 0 aliphatic rings. The molecule has 112 valence electrons. The summed E-state index contributed by atoms with van der Waals surface area (Å²) in [6, 6.07) is 15.5. The number of rotatable bonds is 5. The van der Waals surface area contributed by atoms with E-state index in [9.17, 15) is 0 Å². The molecule has 2 nitrogen and oxygen atoms in total. The van der Waals surface area contributed by atoms with Crippen LogP contribution >= 0.6 is 0 Å². The number of methoxy groups -OCH3 is 1. The van der Waals surface area contributed by atoms with E-state index in [0.29, 0.717) is 6.04 Å². The zero-order valence-electron chi connectivity index (χ0n) is 13.6. The Bertz CT molecular complexity index is 589. The van der Waals surface area contributed by atoms with E-state index in [1.54, 1.807) is 7.11 Å². The lowest BCUT2D eigenvalue weighted by Gasteiger charge is -2.23. The van der Waals surface area contributed by atoms with Crippen molar-refractivity contribution in [2.24, 2.45) is 0 Å². The molecule has 2 aromatic rings. The first-order chi connectivity index (χ1) is 10.0. The second-order valence-electron chi connectivity index (χ2n) is 5.77. The average molecular weight is 283 g/mol. The van der Waals surface area contributed by atoms with Crippen LogP contribution in [0.5, 0.6) is 5.75 Å². The fraction of sp³-hybridized carbons (Fsp3) is 0.368. The van der Waals surface area contributed by atoms with Crippen LogP contribution in [0.25, 0.3) is 0 Å². The van der Waals surface area contributed by atoms with E-state index >= 15 is 0 Å². The monoisotopic (exact) mass is 283 g/mol. The maximum atomic E-state index is 5.48. The number of benzene rings is 2. The Balaban J connectivity index is 2.15. The molecule has 0 spiro atoms. The molecule has 0 aromatic heterocycles. The lowest BCUT2D eigenvalue weighted by atomic mass is 10.0. The standard InChI is InChI=1S/C19H25NO/c1-13-6-9-17(10-7-13)15(3)20-16(4)18-12-14(2)8-11-19(18)21-5/h6-12,15-16,20H,1-5H3. The van der Waals surface area contributed by atoms with Gasteiger partial charge in [-0.3, -0.25) is 0 Å². The van der Waals surface area contributed by atoms with E-state index in [4.69, 9.17) is 4.74 Å². The fourth-order valence-electron chi connectivity index (χ4n) is 2.61. The second-order valence-corrected chi connectivity index (χ2v) is 5.77. The summed E-state index contributed by atoms with van der Waals surface area (Å²) in [6.07, 6.45) is 0. The van der Waals surface area contributed by atoms with Crippen molar-refractivity contribution >= 4 is 0 Å². The molecule has 0 fully saturated rings. The van der Waals surface area contributed by atoms with Gasteiger partial charge >= 0.3 is 0 Å². The van der Waals surface area contributed by atoms with Crippen LogP contribution in [0.1, 0.15) is 48.2 Å². The fourth-order valence-corrected chi connectivity index (χ4v) is 2.61. The molecule has 0 bridgehead atoms. The summed E-state index contributed by atoms with van der Waals surface area (Å²) in [5.74, 6) is 0.941. The van der Waals surface area contributed by atoms with Gasteiger partial charge in [-0.25, -0.2) is 0 Å². The summed E-state index contributed by atoms with van der Waals surface area (Å²) in [5, 5.41) is 3.65. The summed E-state index contributed by atoms with van der Waals surface area (Å²) in [5.41, 5.74) is 5.05. The van der Waals surface area contributed by atoms with Gasteiger partial charge in [-0.15, -0.1) is 0 Å². The molecule has 2 unspecified atom stereocenters. The van der Waals surface area contributed by atoms with Crippen molar-refractivity contribution in [3.63, 3.8) is 0 Å². The summed E-state index contributed by atoms with van der Waals surface area (Å²) in [4.78, 5) is 0. The van der Waals surface area contributed by atoms with Crippen LogP contribution < -0.4 is 10.1 Å². The smallest absolute Gasteiger partial charge is 0.123 e. The molecule has 2 aromatic carbocycles. The largest absolute Gasteiger partial charge is 0.496 e. The van der Waals surface area contributed by atoms with Crippen LogP contribution in [0.2, 0.25) is 0 Å². The van der Waals surface area contributed by atoms with Gasteiger partial charge in [0, 0.05) is 17.6 Å². The molecule has 0 saturated carbocycles. The molecule has 1 N–H and O–H groups in total. The Morgan fingerprint density at radius 2 is 1.48 bits per heavy atom. The molecular weight excluding hydrogens is 258 g/mol. The molecule has 0 radical (unpaired) electrons. The Labute approximate surface area is 128 Å². The maximum Gasteiger partial charge on any atom is 0.123 e. The summed E-state index contributed by atoms with van der Waals surface area (Å²) in [6.45, 7) is 8.60. The summed E-state index contributed by atoms with van der Waals surface area (Å²) in [7, 11) is 1.73. The SMILES string of the molecule is COc1ccc(C)cc1C(C)NC(C)c1ccc(C)cc1. The van der Waals surface area contributed by atoms with E-state index in [1.165, 1.54) is 22.3 Å². The minimum atomic E-state index is 0.233. The van der Waals surface area contributed by atoms with E-state index in [0.717, 1.165) is 5.75 Å². The lowest BCUT2D eigenvalue weighted by Crippen LogP contribution is -2.23. The second kappa shape index (κ2) is 6.77. The molecule has 2 rings (SSSR count). The molecule has 2 atom stereocenters. The van der Waals surface area contributed by atoms with Crippen LogP contribution in [0, 0.1) is 13.8 Å². The molecule has 21 heavy (non-hydrogen) atoms. The van der Waals surface area contributed by atoms with Crippen LogP contribution in [-0.2, 0) is 0 Å². The third-order valence-corrected chi connectivity index (χ3v) is 3.93. The van der Waals surface area contributed by atoms with Crippen LogP contribution in [0.15, 0.2) is 42.5 Å². The maximum absolute atomic E-state index is 5.48. The summed E-state index contributed by atoms with van der Waals surface area (Å²) >= 11 is 0. The topological polar surface area (TPSA) is 21.3 Å². The van der Waals surface area contributed by atoms with Gasteiger partial charge in [-0.2, -0.15) is 0 Å². The van der Waals surface area contributed by atoms with Crippen molar-refractivity contribution in [2.45, 2.75) is 39.8 Å². The third kappa shape index (κ3) is 3.85. The minimum Gasteiger partial charge on any atom is -0.496 e. The van der Waals surface area contributed by atoms with E-state index < -0.39 is 0 Å². The van der Waals surface area contributed by atoms with E-state index in [2.05, 4.69) is 69.4 Å². The van der Waals surface area contributed by atoms with Crippen molar-refractivity contribution in [3.05, 3.63) is 64.7 Å². The number of ether oxygens (including phenoxy) is 1. The van der Waals surface area contributed by atoms with Crippen LogP contribution in [-0.4, -0.2) is 7.11 Å². The molecular formula is C19H25NO. The highest BCUT2D eigenvalue weighted by Crippen LogP contribution is 2.28. The highest BCUT2D eigenvalue weighted by atomic mass is 16.5. The van der Waals surface area contributed by atoms with Crippen molar-refractivity contribution in [2.75, 3.05) is 7.11 Å². The Morgan fingerprint density at radius 3 is 2.10 bits per heavy atom. The van der Waals surface area contributed by atoms with Crippen molar-refractivity contribution in [1.29, 1.82) is 0 Å². The predicted molar refractivity (Wildman–Crippen MR) is 88.9 cm³/mol. The van der Waals surface area contributed by atoms with Crippen molar-refractivity contribution < 1.29 is 4.74 Å². The van der Waals surface area contributed by atoms with Crippen molar-refractivity contribution in [3.8, 4) is 5.75 Å². The normalized spacial score (nSPS) is 13.8. The predicted octanol–water partition coefficient (Wildman–Crippen LogP) is 4.72. The number of hydrogen-bond acceptors (Lipinski definition) is 2. The number of nitrogens with one attached hydrogen (secondary N) is 1. The number of hydrogen-bond donors (Lipinski definition) is 1. The van der Waals surface area contributed by atoms with Crippen molar-refractivity contribution in [1.82, 2.24) is 5.32 Å². The first kappa shape index (κ1) is 15.6. The highest BCUT2D eigenvalue weighted by Gasteiger charge is 2.15. The first-order valence-corrected chi connectivity index (χ1v) is 7.48. The molecule has 2 heteroatoms. The molecule has 0 heterocycles. The highest BCUT2D eigenvalue weighted by molar-refractivity contribution is 5.39. The van der Waals surface area contributed by atoms with Gasteiger partial charge in [-0.05, 0) is 39.3 Å². The lowest BCUT2D eigenvalue weighted by molar-refractivity contribution is 0.396. The first-order valence-electron chi connectivity index (χ1n) is 7.48. The van der Waals surface area contributed by atoms with Gasteiger partial charge in [0.1, 0.15) is 5.75 Å². The zero-order valence-corrected chi connectivity index (χ0v) is 13.6. The van der Waals surface area contributed by atoms with Gasteiger partial charge in [0.25, 0.3) is 0 Å². The molecule has 0 saturated heterocycles. The average Bonchev–Trinajstić information content (AvgIpc) is 2.47. The summed E-state index contributed by atoms with van der Waals surface area (Å²) < 4.78 is 5.48. The van der Waals surface area contributed by atoms with Gasteiger partial charge in [0.2, 0.25) is 0 Å². The van der Waals surface area contributed by atoms with Gasteiger partial charge < -0.3 is 10.1 Å². The van der Waals surface area contributed by atoms with E-state index in [-0.39, 0.29) is 6.04 Å². The Morgan fingerprint density at radius 1 is 0.857 bits per heavy atom. The third-order valence-electron chi connectivity index (χ3n) is 3.93. The molecule has 0 aliphatic heterocycles. The van der Waals surface area contributed by atoms with Crippen LogP contribution in [0.4, 0.5) is 0 Å². The molecule has 0 amide bonds. The minimum absolute atomic E-state index is 0.233. The van der Waals surface area contributed by atoms with Gasteiger partial charge in [0.15, 0.2) is 0 Å². The Hall–Kier alpha value is -1.80. The van der Waals surface area contributed by atoms with Crippen LogP contribution in [0.3, 0.4) is 0 Å². The molecule has 0 aliphatic carbocycles.